The van der Waals surface area contributed by atoms with Crippen LogP contribution in [0.4, 0.5) is 0 Å². The molecule has 2 rings (SSSR count). The molecule has 0 spiro atoms. The third-order valence-electron chi connectivity index (χ3n) is 4.05. The minimum Gasteiger partial charge on any atom is -0.492 e. The van der Waals surface area contributed by atoms with Crippen LogP contribution in [0.15, 0.2) is 41.4 Å². The summed E-state index contributed by atoms with van der Waals surface area (Å²) in [4.78, 5) is 8.34. The van der Waals surface area contributed by atoms with Crippen LogP contribution in [0, 0.1) is 0 Å². The van der Waals surface area contributed by atoms with Gasteiger partial charge in [0.15, 0.2) is 0 Å². The number of benzene rings is 1. The lowest BCUT2D eigenvalue weighted by Crippen LogP contribution is -2.34. The van der Waals surface area contributed by atoms with Crippen molar-refractivity contribution in [2.45, 2.75) is 44.1 Å². The van der Waals surface area contributed by atoms with Crippen LogP contribution in [-0.4, -0.2) is 40.4 Å². The molecule has 0 aliphatic carbocycles. The van der Waals surface area contributed by atoms with E-state index in [1.54, 1.807) is 12.4 Å². The highest BCUT2D eigenvalue weighted by Crippen LogP contribution is 2.31. The molecule has 0 bridgehead atoms. The third kappa shape index (κ3) is 7.09. The van der Waals surface area contributed by atoms with Gasteiger partial charge in [-0.3, -0.25) is 0 Å². The quantitative estimate of drug-likeness (QED) is 0.413. The van der Waals surface area contributed by atoms with Crippen molar-refractivity contribution in [3.8, 4) is 5.75 Å². The summed E-state index contributed by atoms with van der Waals surface area (Å²) in [6.07, 6.45) is 7.55. The van der Waals surface area contributed by atoms with Gasteiger partial charge in [0.25, 0.3) is 0 Å². The molecule has 28 heavy (non-hydrogen) atoms. The largest absolute Gasteiger partial charge is 0.492 e. The van der Waals surface area contributed by atoms with E-state index >= 15 is 0 Å². The van der Waals surface area contributed by atoms with Gasteiger partial charge in [0.2, 0.25) is 10.0 Å². The lowest BCUT2D eigenvalue weighted by Gasteiger charge is -2.30. The Morgan fingerprint density at radius 2 is 1.89 bits per heavy atom. The monoisotopic (exact) mass is 533 g/mol. The lowest BCUT2D eigenvalue weighted by molar-refractivity contribution is 0.299. The highest BCUT2D eigenvalue weighted by atomic mass is 79.9. The van der Waals surface area contributed by atoms with Gasteiger partial charge in [-0.2, -0.15) is 4.31 Å². The van der Waals surface area contributed by atoms with Crippen molar-refractivity contribution in [3.63, 3.8) is 0 Å². The normalized spacial score (nSPS) is 14.1. The first-order valence-corrected chi connectivity index (χ1v) is 12.5. The topological polar surface area (TPSA) is 72.4 Å². The summed E-state index contributed by atoms with van der Waals surface area (Å²) in [6.45, 7) is 4.79. The van der Waals surface area contributed by atoms with E-state index in [-0.39, 0.29) is 17.4 Å². The first-order valence-electron chi connectivity index (χ1n) is 8.98. The summed E-state index contributed by atoms with van der Waals surface area (Å²) < 4.78 is 33.4. The maximum atomic E-state index is 12.6. The van der Waals surface area contributed by atoms with E-state index in [4.69, 9.17) is 4.74 Å². The molecule has 0 amide bonds. The average Bonchev–Trinajstić information content (AvgIpc) is 2.62. The second kappa shape index (κ2) is 10.7. The average molecular weight is 535 g/mol. The molecule has 1 aromatic carbocycles. The van der Waals surface area contributed by atoms with Gasteiger partial charge in [0.1, 0.15) is 18.7 Å². The number of sulfonamides is 1. The molecule has 0 aliphatic heterocycles. The van der Waals surface area contributed by atoms with E-state index in [9.17, 15) is 8.42 Å². The van der Waals surface area contributed by atoms with Crippen molar-refractivity contribution in [3.05, 3.63) is 52.5 Å². The zero-order chi connectivity index (χ0) is 20.7. The van der Waals surface area contributed by atoms with E-state index in [0.717, 1.165) is 22.0 Å². The van der Waals surface area contributed by atoms with E-state index in [0.29, 0.717) is 18.8 Å². The molecule has 0 saturated carbocycles. The first kappa shape index (κ1) is 23.3. The van der Waals surface area contributed by atoms with Crippen LogP contribution >= 0.6 is 31.9 Å². The predicted octanol–water partition coefficient (Wildman–Crippen LogP) is 4.70. The van der Waals surface area contributed by atoms with Gasteiger partial charge >= 0.3 is 0 Å². The number of aromatic nitrogens is 2. The zero-order valence-electron chi connectivity index (χ0n) is 16.2. The third-order valence-corrected chi connectivity index (χ3v) is 6.01. The Labute approximate surface area is 184 Å². The van der Waals surface area contributed by atoms with Gasteiger partial charge in [-0.15, -0.1) is 0 Å². The molecular weight excluding hydrogens is 510 g/mol. The van der Waals surface area contributed by atoms with Crippen molar-refractivity contribution >= 4 is 41.9 Å². The molecule has 1 heterocycles. The molecule has 0 aliphatic rings. The van der Waals surface area contributed by atoms with E-state index in [1.807, 2.05) is 32.0 Å². The highest BCUT2D eigenvalue weighted by Gasteiger charge is 2.28. The van der Waals surface area contributed by atoms with Crippen LogP contribution in [0.25, 0.3) is 0 Å². The fourth-order valence-electron chi connectivity index (χ4n) is 2.88. The summed E-state index contributed by atoms with van der Waals surface area (Å²) in [5.74, 6) is 0.694. The fourth-order valence-corrected chi connectivity index (χ4v) is 4.60. The number of rotatable bonds is 10. The molecule has 9 heteroatoms. The summed E-state index contributed by atoms with van der Waals surface area (Å²) in [5.41, 5.74) is 1.63. The van der Waals surface area contributed by atoms with Crippen LogP contribution < -0.4 is 4.74 Å². The molecule has 0 N–H and O–H groups in total. The van der Waals surface area contributed by atoms with Crippen LogP contribution in [0.5, 0.6) is 5.75 Å². The summed E-state index contributed by atoms with van der Waals surface area (Å²) >= 11 is 6.95. The lowest BCUT2D eigenvalue weighted by atomic mass is 10.0. The van der Waals surface area contributed by atoms with E-state index in [2.05, 4.69) is 41.8 Å². The predicted molar refractivity (Wildman–Crippen MR) is 118 cm³/mol. The summed E-state index contributed by atoms with van der Waals surface area (Å²) in [6, 6.07) is 5.33. The van der Waals surface area contributed by atoms with Crippen LogP contribution in [0.1, 0.15) is 43.9 Å². The number of alkyl halides is 1. The van der Waals surface area contributed by atoms with Gasteiger partial charge < -0.3 is 4.74 Å². The highest BCUT2D eigenvalue weighted by molar-refractivity contribution is 9.10. The summed E-state index contributed by atoms with van der Waals surface area (Å²) in [7, 11) is -3.47. The summed E-state index contributed by atoms with van der Waals surface area (Å²) in [5, 5.41) is 0. The molecule has 2 atom stereocenters. The Hall–Kier alpha value is -1.03. The number of hydrogen-bond acceptors (Lipinski definition) is 5. The number of halogens is 2. The SMILES string of the molecule is CCCC(c1cncnc1)N(Cc1cc(Br)cc(OCC(C)Br)c1)S(C)(=O)=O. The Kier molecular flexibility index (Phi) is 8.85. The molecule has 0 fully saturated rings. The number of nitrogens with zero attached hydrogens (tertiary/aromatic N) is 3. The van der Waals surface area contributed by atoms with Gasteiger partial charge in [0.05, 0.1) is 12.3 Å². The Bertz CT molecular complexity index is 864. The van der Waals surface area contributed by atoms with Crippen molar-refractivity contribution in [1.82, 2.24) is 14.3 Å². The Morgan fingerprint density at radius 1 is 1.21 bits per heavy atom. The van der Waals surface area contributed by atoms with Gasteiger partial charge in [-0.05, 0) is 37.1 Å². The minimum atomic E-state index is -3.47. The van der Waals surface area contributed by atoms with E-state index in [1.165, 1.54) is 16.9 Å². The molecular formula is C19H25Br2N3O3S. The molecule has 154 valence electrons. The fraction of sp³-hybridized carbons (Fsp3) is 0.474. The van der Waals surface area contributed by atoms with Crippen molar-refractivity contribution in [1.29, 1.82) is 0 Å². The van der Waals surface area contributed by atoms with Crippen LogP contribution in [0.2, 0.25) is 0 Å². The maximum Gasteiger partial charge on any atom is 0.212 e. The van der Waals surface area contributed by atoms with E-state index < -0.39 is 10.0 Å². The zero-order valence-corrected chi connectivity index (χ0v) is 20.2. The molecule has 0 saturated heterocycles. The standard InChI is InChI=1S/C19H25Br2N3O3S/c1-4-5-19(16-9-22-13-23-10-16)24(28(3,25)26)11-15-6-17(21)8-18(7-15)27-12-14(2)20/h6-10,13-14,19H,4-5,11-12H2,1-3H3. The van der Waals surface area contributed by atoms with Gasteiger partial charge in [-0.1, -0.05) is 45.2 Å². The second-order valence-corrected chi connectivity index (χ2v) is 11.1. The molecule has 2 unspecified atom stereocenters. The van der Waals surface area contributed by atoms with Crippen molar-refractivity contribution in [2.24, 2.45) is 0 Å². The Balaban J connectivity index is 2.36. The van der Waals surface area contributed by atoms with Crippen molar-refractivity contribution in [2.75, 3.05) is 12.9 Å². The number of hydrogen-bond donors (Lipinski definition) is 0. The molecule has 0 radical (unpaired) electrons. The molecule has 1 aromatic heterocycles. The molecule has 2 aromatic rings. The minimum absolute atomic E-state index is 0.217. The second-order valence-electron chi connectivity index (χ2n) is 6.67. The maximum absolute atomic E-state index is 12.6. The molecule has 6 nitrogen and oxygen atoms in total. The first-order chi connectivity index (χ1) is 13.2. The van der Waals surface area contributed by atoms with Crippen molar-refractivity contribution < 1.29 is 13.2 Å². The smallest absolute Gasteiger partial charge is 0.212 e. The van der Waals surface area contributed by atoms with Gasteiger partial charge in [-0.25, -0.2) is 18.4 Å². The Morgan fingerprint density at radius 3 is 2.46 bits per heavy atom. The van der Waals surface area contributed by atoms with Crippen LogP contribution in [-0.2, 0) is 16.6 Å². The number of ether oxygens (including phenoxy) is 1. The van der Waals surface area contributed by atoms with Crippen LogP contribution in [0.3, 0.4) is 0 Å². The van der Waals surface area contributed by atoms with Gasteiger partial charge in [0, 0.05) is 33.8 Å².